The first-order chi connectivity index (χ1) is 9.99. The average Bonchev–Trinajstić information content (AvgIpc) is 2.37. The summed E-state index contributed by atoms with van der Waals surface area (Å²) in [6.07, 6.45) is 0. The minimum absolute atomic E-state index is 0.0688. The summed E-state index contributed by atoms with van der Waals surface area (Å²) in [5.41, 5.74) is 3.46. The third-order valence-corrected chi connectivity index (χ3v) is 5.35. The van der Waals surface area contributed by atoms with Gasteiger partial charge in [-0.25, -0.2) is 0 Å². The molecule has 3 nitrogen and oxygen atoms in total. The fourth-order valence-corrected chi connectivity index (χ4v) is 3.18. The highest BCUT2D eigenvalue weighted by Crippen LogP contribution is 2.26. The van der Waals surface area contributed by atoms with Gasteiger partial charge in [-0.2, -0.15) is 11.8 Å². The van der Waals surface area contributed by atoms with Crippen molar-refractivity contribution in [3.63, 3.8) is 0 Å². The predicted octanol–water partition coefficient (Wildman–Crippen LogP) is 3.43. The molecule has 0 saturated carbocycles. The van der Waals surface area contributed by atoms with E-state index in [1.54, 1.807) is 0 Å². The van der Waals surface area contributed by atoms with Gasteiger partial charge in [0.2, 0.25) is 5.91 Å². The molecular weight excluding hydrogens is 280 g/mol. The van der Waals surface area contributed by atoms with Gasteiger partial charge in [0.1, 0.15) is 0 Å². The Balaban J connectivity index is 2.02. The third-order valence-electron chi connectivity index (χ3n) is 4.21. The number of amides is 1. The Morgan fingerprint density at radius 2 is 2.10 bits per heavy atom. The molecule has 2 N–H and O–H groups in total. The van der Waals surface area contributed by atoms with Crippen LogP contribution in [-0.2, 0) is 10.5 Å². The summed E-state index contributed by atoms with van der Waals surface area (Å²) in [5.74, 6) is 1.68. The van der Waals surface area contributed by atoms with Crippen molar-refractivity contribution in [3.05, 3.63) is 29.3 Å². The molecular formula is C17H26N2OS. The summed E-state index contributed by atoms with van der Waals surface area (Å²) in [4.78, 5) is 12.3. The summed E-state index contributed by atoms with van der Waals surface area (Å²) in [7, 11) is 0. The van der Waals surface area contributed by atoms with Gasteiger partial charge < -0.3 is 10.6 Å². The molecule has 21 heavy (non-hydrogen) atoms. The van der Waals surface area contributed by atoms with E-state index in [4.69, 9.17) is 0 Å². The van der Waals surface area contributed by atoms with Crippen LogP contribution in [0.5, 0.6) is 0 Å². The average molecular weight is 306 g/mol. The fourth-order valence-electron chi connectivity index (χ4n) is 2.36. The van der Waals surface area contributed by atoms with E-state index in [1.165, 1.54) is 11.1 Å². The third kappa shape index (κ3) is 4.24. The van der Waals surface area contributed by atoms with E-state index in [2.05, 4.69) is 37.5 Å². The van der Waals surface area contributed by atoms with Crippen molar-refractivity contribution in [1.29, 1.82) is 0 Å². The monoisotopic (exact) mass is 306 g/mol. The van der Waals surface area contributed by atoms with Gasteiger partial charge in [-0.3, -0.25) is 4.79 Å². The Bertz CT molecular complexity index is 498. The van der Waals surface area contributed by atoms with Crippen LogP contribution in [0.4, 0.5) is 5.69 Å². The molecule has 0 aliphatic carbocycles. The number of benzene rings is 1. The van der Waals surface area contributed by atoms with Crippen LogP contribution in [0, 0.1) is 18.8 Å². The smallest absolute Gasteiger partial charge is 0.227 e. The molecule has 1 aromatic carbocycles. The maximum atomic E-state index is 12.3. The van der Waals surface area contributed by atoms with E-state index in [0.717, 1.165) is 24.5 Å². The van der Waals surface area contributed by atoms with E-state index in [0.29, 0.717) is 11.2 Å². The van der Waals surface area contributed by atoms with Gasteiger partial charge in [0.05, 0.1) is 0 Å². The first-order valence-electron chi connectivity index (χ1n) is 7.70. The molecule has 4 heteroatoms. The van der Waals surface area contributed by atoms with E-state index in [1.807, 2.05) is 30.8 Å². The van der Waals surface area contributed by atoms with Crippen LogP contribution < -0.4 is 10.6 Å². The molecule has 1 aromatic rings. The van der Waals surface area contributed by atoms with Gasteiger partial charge >= 0.3 is 0 Å². The summed E-state index contributed by atoms with van der Waals surface area (Å²) in [6, 6.07) is 6.19. The molecule has 1 atom stereocenters. The Morgan fingerprint density at radius 1 is 1.38 bits per heavy atom. The molecule has 0 aromatic heterocycles. The Morgan fingerprint density at radius 3 is 2.67 bits per heavy atom. The topological polar surface area (TPSA) is 41.1 Å². The molecule has 1 unspecified atom stereocenters. The number of carbonyl (C=O) groups is 1. The van der Waals surface area contributed by atoms with Crippen LogP contribution >= 0.6 is 11.8 Å². The lowest BCUT2D eigenvalue weighted by atomic mass is 9.88. The van der Waals surface area contributed by atoms with Gasteiger partial charge in [-0.15, -0.1) is 0 Å². The van der Waals surface area contributed by atoms with Crippen LogP contribution in [0.25, 0.3) is 0 Å². The second-order valence-electron chi connectivity index (χ2n) is 6.15. The highest BCUT2D eigenvalue weighted by Gasteiger charge is 2.28. The van der Waals surface area contributed by atoms with Gasteiger partial charge in [0, 0.05) is 17.4 Å². The number of nitrogens with one attached hydrogen (secondary N) is 2. The fraction of sp³-hybridized carbons (Fsp3) is 0.588. The summed E-state index contributed by atoms with van der Waals surface area (Å²) < 4.78 is 0. The normalized spacial score (nSPS) is 16.6. The van der Waals surface area contributed by atoms with Crippen molar-refractivity contribution in [2.45, 2.75) is 38.7 Å². The number of hydrogen-bond acceptors (Lipinski definition) is 3. The number of thioether (sulfide) groups is 1. The lowest BCUT2D eigenvalue weighted by Gasteiger charge is -2.31. The van der Waals surface area contributed by atoms with E-state index >= 15 is 0 Å². The highest BCUT2D eigenvalue weighted by atomic mass is 32.2. The second-order valence-corrected chi connectivity index (χ2v) is 7.71. The lowest BCUT2D eigenvalue weighted by Crippen LogP contribution is -2.48. The number of hydrogen-bond donors (Lipinski definition) is 2. The Kier molecular flexibility index (Phi) is 5.71. The molecule has 0 bridgehead atoms. The van der Waals surface area contributed by atoms with Crippen molar-refractivity contribution in [2.75, 3.05) is 18.4 Å². The quantitative estimate of drug-likeness (QED) is 0.846. The van der Waals surface area contributed by atoms with Crippen molar-refractivity contribution >= 4 is 23.4 Å². The van der Waals surface area contributed by atoms with Crippen molar-refractivity contribution in [1.82, 2.24) is 5.32 Å². The maximum absolute atomic E-state index is 12.3. The van der Waals surface area contributed by atoms with Crippen LogP contribution in [0.15, 0.2) is 18.2 Å². The van der Waals surface area contributed by atoms with Crippen LogP contribution in [0.3, 0.4) is 0 Å². The zero-order valence-electron chi connectivity index (χ0n) is 13.4. The molecule has 0 radical (unpaired) electrons. The first-order valence-corrected chi connectivity index (χ1v) is 8.75. The molecule has 1 saturated heterocycles. The van der Waals surface area contributed by atoms with Gasteiger partial charge in [0.25, 0.3) is 0 Å². The summed E-state index contributed by atoms with van der Waals surface area (Å²) in [5, 5.41) is 6.96. The SMILES string of the molecule is Cc1c(CSC(C)C)cccc1NC(=O)C(C)C1CNC1. The highest BCUT2D eigenvalue weighted by molar-refractivity contribution is 7.99. The molecule has 1 amide bonds. The molecule has 1 heterocycles. The molecule has 1 fully saturated rings. The van der Waals surface area contributed by atoms with Crippen molar-refractivity contribution in [2.24, 2.45) is 11.8 Å². The maximum Gasteiger partial charge on any atom is 0.227 e. The summed E-state index contributed by atoms with van der Waals surface area (Å²) in [6.45, 7) is 10.5. The Hall–Kier alpha value is -1.00. The van der Waals surface area contributed by atoms with Gasteiger partial charge in [-0.1, -0.05) is 32.9 Å². The largest absolute Gasteiger partial charge is 0.326 e. The van der Waals surface area contributed by atoms with E-state index in [9.17, 15) is 4.79 Å². The first kappa shape index (κ1) is 16.4. The molecule has 0 spiro atoms. The number of rotatable bonds is 6. The van der Waals surface area contributed by atoms with Gasteiger partial charge in [0.15, 0.2) is 0 Å². The van der Waals surface area contributed by atoms with E-state index < -0.39 is 0 Å². The number of carbonyl (C=O) groups excluding carboxylic acids is 1. The summed E-state index contributed by atoms with van der Waals surface area (Å²) >= 11 is 1.93. The molecule has 116 valence electrons. The zero-order valence-corrected chi connectivity index (χ0v) is 14.2. The minimum Gasteiger partial charge on any atom is -0.326 e. The minimum atomic E-state index is 0.0688. The zero-order chi connectivity index (χ0) is 15.4. The molecule has 1 aliphatic heterocycles. The predicted molar refractivity (Wildman–Crippen MR) is 91.8 cm³/mol. The van der Waals surface area contributed by atoms with Crippen LogP contribution in [0.1, 0.15) is 31.9 Å². The van der Waals surface area contributed by atoms with E-state index in [-0.39, 0.29) is 11.8 Å². The second kappa shape index (κ2) is 7.32. The standard InChI is InChI=1S/C17H26N2OS/c1-11(2)21-10-14-6-5-7-16(12(14)3)19-17(20)13(4)15-8-18-9-15/h5-7,11,13,15,18H,8-10H2,1-4H3,(H,19,20). The van der Waals surface area contributed by atoms with Crippen molar-refractivity contribution in [3.8, 4) is 0 Å². The Labute approximate surface area is 132 Å². The molecule has 2 rings (SSSR count). The van der Waals surface area contributed by atoms with Crippen LogP contribution in [-0.4, -0.2) is 24.2 Å². The molecule has 1 aliphatic rings. The lowest BCUT2D eigenvalue weighted by molar-refractivity contribution is -0.121. The van der Waals surface area contributed by atoms with Gasteiger partial charge in [-0.05, 0) is 48.4 Å². The van der Waals surface area contributed by atoms with Crippen LogP contribution in [0.2, 0.25) is 0 Å². The number of anilines is 1. The van der Waals surface area contributed by atoms with Crippen molar-refractivity contribution < 1.29 is 4.79 Å².